The molecule has 0 unspecified atom stereocenters. The lowest BCUT2D eigenvalue weighted by molar-refractivity contribution is 0.580. The summed E-state index contributed by atoms with van der Waals surface area (Å²) < 4.78 is 26.6. The largest absolute Gasteiger partial charge is 0.285 e. The number of H-pyrrole nitrogens is 2. The van der Waals surface area contributed by atoms with Gasteiger partial charge in [0.2, 0.25) is 10.0 Å². The van der Waals surface area contributed by atoms with Crippen LogP contribution in [0.15, 0.2) is 17.3 Å². The number of nitrogens with one attached hydrogen (secondary N) is 3. The van der Waals surface area contributed by atoms with Gasteiger partial charge in [-0.1, -0.05) is 0 Å². The van der Waals surface area contributed by atoms with Crippen molar-refractivity contribution in [3.05, 3.63) is 29.3 Å². The maximum absolute atomic E-state index is 12.0. The summed E-state index contributed by atoms with van der Waals surface area (Å²) in [5.74, 6) is 0. The first-order chi connectivity index (χ1) is 8.00. The van der Waals surface area contributed by atoms with Crippen molar-refractivity contribution in [2.75, 3.05) is 0 Å². The lowest BCUT2D eigenvalue weighted by Crippen LogP contribution is -2.24. The van der Waals surface area contributed by atoms with Gasteiger partial charge >= 0.3 is 0 Å². The van der Waals surface area contributed by atoms with E-state index in [1.165, 1.54) is 0 Å². The Kier molecular flexibility index (Phi) is 2.99. The zero-order chi connectivity index (χ0) is 12.5. The van der Waals surface area contributed by atoms with Crippen LogP contribution < -0.4 is 4.72 Å². The van der Waals surface area contributed by atoms with Crippen molar-refractivity contribution < 1.29 is 8.42 Å². The molecule has 0 spiro atoms. The Morgan fingerprint density at radius 1 is 1.41 bits per heavy atom. The van der Waals surface area contributed by atoms with Crippen LogP contribution in [0.4, 0.5) is 0 Å². The number of sulfonamides is 1. The monoisotopic (exact) mass is 255 g/mol. The van der Waals surface area contributed by atoms with E-state index in [1.807, 2.05) is 0 Å². The van der Waals surface area contributed by atoms with Crippen molar-refractivity contribution in [3.8, 4) is 0 Å². The van der Waals surface area contributed by atoms with E-state index in [4.69, 9.17) is 0 Å². The summed E-state index contributed by atoms with van der Waals surface area (Å²) >= 11 is 0. The molecule has 0 aliphatic carbocycles. The predicted octanol–water partition coefficient (Wildman–Crippen LogP) is 0.228. The van der Waals surface area contributed by atoms with Gasteiger partial charge in [-0.25, -0.2) is 13.1 Å². The minimum absolute atomic E-state index is 0.197. The molecule has 0 bridgehead atoms. The summed E-state index contributed by atoms with van der Waals surface area (Å²) in [7, 11) is -3.54. The first-order valence-electron chi connectivity index (χ1n) is 4.99. The zero-order valence-corrected chi connectivity index (χ0v) is 10.3. The number of nitrogens with zero attached hydrogens (tertiary/aromatic N) is 2. The van der Waals surface area contributed by atoms with Crippen LogP contribution >= 0.6 is 0 Å². The lowest BCUT2D eigenvalue weighted by atomic mass is 10.4. The van der Waals surface area contributed by atoms with Gasteiger partial charge in [-0.2, -0.15) is 10.2 Å². The third-order valence-corrected chi connectivity index (χ3v) is 4.01. The lowest BCUT2D eigenvalue weighted by Gasteiger charge is -2.05. The van der Waals surface area contributed by atoms with E-state index >= 15 is 0 Å². The highest BCUT2D eigenvalue weighted by Crippen LogP contribution is 2.16. The van der Waals surface area contributed by atoms with E-state index in [1.54, 1.807) is 26.2 Å². The smallest absolute Gasteiger partial charge is 0.244 e. The molecule has 0 saturated heterocycles. The Morgan fingerprint density at radius 3 is 2.71 bits per heavy atom. The average molecular weight is 255 g/mol. The van der Waals surface area contributed by atoms with E-state index in [9.17, 15) is 8.42 Å². The summed E-state index contributed by atoms with van der Waals surface area (Å²) in [6.07, 6.45) is 3.20. The minimum atomic E-state index is -3.54. The van der Waals surface area contributed by atoms with E-state index in [0.29, 0.717) is 11.4 Å². The first-order valence-corrected chi connectivity index (χ1v) is 6.48. The summed E-state index contributed by atoms with van der Waals surface area (Å²) in [6, 6.07) is 0. The highest BCUT2D eigenvalue weighted by atomic mass is 32.2. The number of aryl methyl sites for hydroxylation is 2. The van der Waals surface area contributed by atoms with Gasteiger partial charge in [-0.05, 0) is 13.8 Å². The SMILES string of the molecule is Cc1n[nH]c(C)c1S(=O)(=O)NCc1cn[nH]c1. The standard InChI is InChI=1S/C9H13N5O2S/c1-6-9(7(2)14-13-6)17(15,16)12-5-8-3-10-11-4-8/h3-4,12H,5H2,1-2H3,(H,10,11)(H,13,14). The van der Waals surface area contributed by atoms with Gasteiger partial charge < -0.3 is 0 Å². The molecular formula is C9H13N5O2S. The summed E-state index contributed by atoms with van der Waals surface area (Å²) in [5, 5.41) is 12.9. The van der Waals surface area contributed by atoms with Crippen LogP contribution in [0.3, 0.4) is 0 Å². The van der Waals surface area contributed by atoms with E-state index in [2.05, 4.69) is 25.1 Å². The molecule has 2 rings (SSSR count). The molecule has 0 radical (unpaired) electrons. The highest BCUT2D eigenvalue weighted by molar-refractivity contribution is 7.89. The Bertz CT molecular complexity index is 580. The van der Waals surface area contributed by atoms with Gasteiger partial charge in [-0.15, -0.1) is 0 Å². The zero-order valence-electron chi connectivity index (χ0n) is 9.48. The topological polar surface area (TPSA) is 104 Å². The molecule has 2 aromatic rings. The van der Waals surface area contributed by atoms with Crippen LogP contribution in [-0.4, -0.2) is 28.8 Å². The molecule has 0 aliphatic rings. The van der Waals surface area contributed by atoms with E-state index < -0.39 is 10.0 Å². The van der Waals surface area contributed by atoms with Crippen molar-refractivity contribution >= 4 is 10.0 Å². The third-order valence-electron chi connectivity index (χ3n) is 2.35. The Labute approximate surface area is 98.7 Å². The fourth-order valence-corrected chi connectivity index (χ4v) is 2.95. The molecule has 2 heterocycles. The van der Waals surface area contributed by atoms with Crippen LogP contribution in [0, 0.1) is 13.8 Å². The first kappa shape index (κ1) is 11.8. The van der Waals surface area contributed by atoms with Crippen molar-refractivity contribution in [1.82, 2.24) is 25.1 Å². The van der Waals surface area contributed by atoms with Crippen LogP contribution in [-0.2, 0) is 16.6 Å². The normalized spacial score (nSPS) is 11.9. The molecule has 2 aromatic heterocycles. The molecule has 0 amide bonds. The molecule has 7 nitrogen and oxygen atoms in total. The highest BCUT2D eigenvalue weighted by Gasteiger charge is 2.21. The van der Waals surface area contributed by atoms with Crippen LogP contribution in [0.1, 0.15) is 17.0 Å². The number of rotatable bonds is 4. The molecule has 0 atom stereocenters. The van der Waals surface area contributed by atoms with Gasteiger partial charge in [0.25, 0.3) is 0 Å². The molecule has 3 N–H and O–H groups in total. The fourth-order valence-electron chi connectivity index (χ4n) is 1.56. The van der Waals surface area contributed by atoms with Gasteiger partial charge in [0.05, 0.1) is 17.6 Å². The Morgan fingerprint density at radius 2 is 2.18 bits per heavy atom. The molecule has 0 saturated carbocycles. The van der Waals surface area contributed by atoms with Gasteiger partial charge in [0.15, 0.2) is 0 Å². The average Bonchev–Trinajstić information content (AvgIpc) is 2.86. The van der Waals surface area contributed by atoms with E-state index in [0.717, 1.165) is 5.56 Å². The maximum atomic E-state index is 12.0. The van der Waals surface area contributed by atoms with Crippen molar-refractivity contribution in [1.29, 1.82) is 0 Å². The summed E-state index contributed by atoms with van der Waals surface area (Å²) in [6.45, 7) is 3.52. The Balaban J connectivity index is 2.20. The van der Waals surface area contributed by atoms with Crippen molar-refractivity contribution in [2.24, 2.45) is 0 Å². The summed E-state index contributed by atoms with van der Waals surface area (Å²) in [4.78, 5) is 0.209. The maximum Gasteiger partial charge on any atom is 0.244 e. The van der Waals surface area contributed by atoms with Crippen molar-refractivity contribution in [2.45, 2.75) is 25.3 Å². The third kappa shape index (κ3) is 2.37. The quantitative estimate of drug-likeness (QED) is 0.727. The van der Waals surface area contributed by atoms with Gasteiger partial charge in [0, 0.05) is 18.3 Å². The minimum Gasteiger partial charge on any atom is -0.285 e. The second-order valence-electron chi connectivity index (χ2n) is 3.69. The Hall–Kier alpha value is -1.67. The molecule has 8 heteroatoms. The second-order valence-corrected chi connectivity index (χ2v) is 5.40. The molecule has 0 aromatic carbocycles. The van der Waals surface area contributed by atoms with E-state index in [-0.39, 0.29) is 11.4 Å². The number of aromatic amines is 2. The fraction of sp³-hybridized carbons (Fsp3) is 0.333. The molecular weight excluding hydrogens is 242 g/mol. The van der Waals surface area contributed by atoms with Crippen LogP contribution in [0.25, 0.3) is 0 Å². The molecule has 92 valence electrons. The summed E-state index contributed by atoms with van der Waals surface area (Å²) in [5.41, 5.74) is 1.76. The van der Waals surface area contributed by atoms with Gasteiger partial charge in [-0.3, -0.25) is 10.2 Å². The molecule has 0 aliphatic heterocycles. The van der Waals surface area contributed by atoms with Crippen LogP contribution in [0.2, 0.25) is 0 Å². The molecule has 17 heavy (non-hydrogen) atoms. The molecule has 0 fully saturated rings. The number of hydrogen-bond donors (Lipinski definition) is 3. The van der Waals surface area contributed by atoms with Crippen LogP contribution in [0.5, 0.6) is 0 Å². The van der Waals surface area contributed by atoms with Gasteiger partial charge in [0.1, 0.15) is 4.90 Å². The van der Waals surface area contributed by atoms with Crippen molar-refractivity contribution in [3.63, 3.8) is 0 Å². The number of aromatic nitrogens is 4. The number of hydrogen-bond acceptors (Lipinski definition) is 4. The predicted molar refractivity (Wildman–Crippen MR) is 60.7 cm³/mol. The second kappa shape index (κ2) is 4.30.